The van der Waals surface area contributed by atoms with Crippen molar-refractivity contribution in [2.75, 3.05) is 17.2 Å². The smallest absolute Gasteiger partial charge is 0.226 e. The van der Waals surface area contributed by atoms with E-state index in [0.29, 0.717) is 6.42 Å². The summed E-state index contributed by atoms with van der Waals surface area (Å²) in [6.45, 7) is 3.65. The van der Waals surface area contributed by atoms with Crippen LogP contribution in [0, 0.1) is 6.92 Å². The third kappa shape index (κ3) is 3.08. The van der Waals surface area contributed by atoms with Gasteiger partial charge in [-0.1, -0.05) is 30.3 Å². The van der Waals surface area contributed by atoms with Gasteiger partial charge < -0.3 is 16.4 Å². The van der Waals surface area contributed by atoms with E-state index in [0.717, 1.165) is 64.0 Å². The number of fused-ring (bicyclic) bond motifs is 3. The van der Waals surface area contributed by atoms with Crippen molar-refractivity contribution in [2.24, 2.45) is 5.73 Å². The average molecular weight is 441 g/mol. The van der Waals surface area contributed by atoms with E-state index in [1.165, 1.54) is 11.1 Å². The first-order chi connectivity index (χ1) is 15.5. The molecule has 6 nitrogen and oxygen atoms in total. The molecule has 3 aromatic heterocycles. The summed E-state index contributed by atoms with van der Waals surface area (Å²) >= 11 is 1.63. The first kappa shape index (κ1) is 19.4. The van der Waals surface area contributed by atoms with Crippen molar-refractivity contribution < 1.29 is 0 Å². The number of benzene rings is 1. The molecule has 6 rings (SSSR count). The minimum atomic E-state index is -0.771. The van der Waals surface area contributed by atoms with Crippen LogP contribution in [0.15, 0.2) is 47.9 Å². The average Bonchev–Trinajstić information content (AvgIpc) is 3.27. The number of hydrogen-bond donors (Lipinski definition) is 2. The van der Waals surface area contributed by atoms with Crippen LogP contribution in [0.2, 0.25) is 0 Å². The SMILES string of the molecule is Cc1cc(N)c2c(n1)C=CC(N)(c1nc(N3CCc4ccccc4C3)nc3ccsc13)C2. The zero-order chi connectivity index (χ0) is 21.9. The first-order valence-electron chi connectivity index (χ1n) is 10.8. The molecule has 0 spiro atoms. The van der Waals surface area contributed by atoms with Crippen molar-refractivity contribution >= 4 is 39.3 Å². The van der Waals surface area contributed by atoms with Crippen LogP contribution in [-0.4, -0.2) is 21.5 Å². The molecule has 4 aromatic rings. The van der Waals surface area contributed by atoms with Gasteiger partial charge in [-0.15, -0.1) is 11.3 Å². The summed E-state index contributed by atoms with van der Waals surface area (Å²) in [7, 11) is 0. The molecule has 1 aliphatic carbocycles. The van der Waals surface area contributed by atoms with Gasteiger partial charge >= 0.3 is 0 Å². The second-order valence-electron chi connectivity index (χ2n) is 8.71. The molecule has 0 bridgehead atoms. The number of aryl methyl sites for hydroxylation is 1. The number of nitrogens with two attached hydrogens (primary N) is 2. The van der Waals surface area contributed by atoms with Gasteiger partial charge in [-0.2, -0.15) is 0 Å². The summed E-state index contributed by atoms with van der Waals surface area (Å²) in [5, 5.41) is 2.06. The maximum Gasteiger partial charge on any atom is 0.226 e. The Bertz CT molecular complexity index is 1390. The molecule has 0 radical (unpaired) electrons. The van der Waals surface area contributed by atoms with Gasteiger partial charge in [-0.25, -0.2) is 9.97 Å². The largest absolute Gasteiger partial charge is 0.398 e. The number of nitrogen functional groups attached to an aromatic ring is 1. The Labute approximate surface area is 190 Å². The van der Waals surface area contributed by atoms with Crippen LogP contribution < -0.4 is 16.4 Å². The fourth-order valence-corrected chi connectivity index (χ4v) is 5.71. The summed E-state index contributed by atoms with van der Waals surface area (Å²) < 4.78 is 1.03. The van der Waals surface area contributed by atoms with E-state index in [-0.39, 0.29) is 0 Å². The molecule has 7 heteroatoms. The monoisotopic (exact) mass is 440 g/mol. The molecule has 0 saturated carbocycles. The van der Waals surface area contributed by atoms with Gasteiger partial charge in [0.05, 0.1) is 27.1 Å². The maximum atomic E-state index is 7.03. The lowest BCUT2D eigenvalue weighted by atomic mass is 9.82. The number of hydrogen-bond acceptors (Lipinski definition) is 7. The number of aromatic nitrogens is 3. The summed E-state index contributed by atoms with van der Waals surface area (Å²) in [6, 6.07) is 12.6. The molecule has 1 atom stereocenters. The van der Waals surface area contributed by atoms with Crippen molar-refractivity contribution in [3.63, 3.8) is 0 Å². The van der Waals surface area contributed by atoms with E-state index in [2.05, 4.69) is 45.6 Å². The number of anilines is 2. The summed E-state index contributed by atoms with van der Waals surface area (Å²) in [5.74, 6) is 0.736. The van der Waals surface area contributed by atoms with E-state index in [1.54, 1.807) is 11.3 Å². The Morgan fingerprint density at radius 3 is 2.81 bits per heavy atom. The van der Waals surface area contributed by atoms with Crippen LogP contribution in [-0.2, 0) is 24.9 Å². The molecule has 2 aliphatic rings. The van der Waals surface area contributed by atoms with Crippen LogP contribution in [0.4, 0.5) is 11.6 Å². The lowest BCUT2D eigenvalue weighted by Gasteiger charge is -2.33. The van der Waals surface area contributed by atoms with E-state index in [1.807, 2.05) is 25.1 Å². The number of rotatable bonds is 2. The highest BCUT2D eigenvalue weighted by atomic mass is 32.1. The predicted molar refractivity (Wildman–Crippen MR) is 131 cm³/mol. The van der Waals surface area contributed by atoms with Crippen LogP contribution in [0.25, 0.3) is 16.3 Å². The number of pyridine rings is 1. The molecule has 0 amide bonds. The van der Waals surface area contributed by atoms with E-state index >= 15 is 0 Å². The first-order valence-corrected chi connectivity index (χ1v) is 11.7. The number of thiophene rings is 1. The minimum Gasteiger partial charge on any atom is -0.398 e. The molecule has 1 unspecified atom stereocenters. The molecule has 1 aromatic carbocycles. The van der Waals surface area contributed by atoms with Crippen molar-refractivity contribution in [1.82, 2.24) is 15.0 Å². The lowest BCUT2D eigenvalue weighted by molar-refractivity contribution is 0.539. The minimum absolute atomic E-state index is 0.560. The van der Waals surface area contributed by atoms with Gasteiger partial charge in [-0.3, -0.25) is 4.98 Å². The third-order valence-electron chi connectivity index (χ3n) is 6.47. The predicted octanol–water partition coefficient (Wildman–Crippen LogP) is 3.96. The van der Waals surface area contributed by atoms with E-state index in [9.17, 15) is 0 Å². The van der Waals surface area contributed by atoms with Crippen LogP contribution in [0.3, 0.4) is 0 Å². The molecule has 4 heterocycles. The zero-order valence-electron chi connectivity index (χ0n) is 17.9. The van der Waals surface area contributed by atoms with E-state index < -0.39 is 5.54 Å². The van der Waals surface area contributed by atoms with Gasteiger partial charge in [0, 0.05) is 36.5 Å². The molecule has 1 aliphatic heterocycles. The van der Waals surface area contributed by atoms with Gasteiger partial charge in [0.1, 0.15) is 0 Å². The summed E-state index contributed by atoms with van der Waals surface area (Å²) in [5.41, 5.74) is 20.7. The Balaban J connectivity index is 1.44. The second-order valence-corrected chi connectivity index (χ2v) is 9.63. The quantitative estimate of drug-likeness (QED) is 0.490. The zero-order valence-corrected chi connectivity index (χ0v) is 18.7. The molecular formula is C25H24N6S. The molecule has 0 fully saturated rings. The van der Waals surface area contributed by atoms with Gasteiger partial charge in [0.15, 0.2) is 0 Å². The van der Waals surface area contributed by atoms with Crippen molar-refractivity contribution in [2.45, 2.75) is 31.8 Å². The fraction of sp³-hybridized carbons (Fsp3) is 0.240. The van der Waals surface area contributed by atoms with Gasteiger partial charge in [0.25, 0.3) is 0 Å². The summed E-state index contributed by atoms with van der Waals surface area (Å²) in [4.78, 5) is 16.9. The molecule has 32 heavy (non-hydrogen) atoms. The Hall–Kier alpha value is -3.29. The number of nitrogens with zero attached hydrogens (tertiary/aromatic N) is 4. The highest BCUT2D eigenvalue weighted by Crippen LogP contribution is 2.38. The van der Waals surface area contributed by atoms with Gasteiger partial charge in [0.2, 0.25) is 5.95 Å². The standard InChI is InChI=1S/C25H24N6S/c1-15-12-19(26)18-13-25(27,9-6-20(18)28-15)23-22-21(8-11-32-22)29-24(30-23)31-10-7-16-4-2-3-5-17(16)14-31/h2-6,8-9,11-12H,7,10,13-14,27H2,1H3,(H2,26,28). The Kier molecular flexibility index (Phi) is 4.31. The van der Waals surface area contributed by atoms with E-state index in [4.69, 9.17) is 21.4 Å². The van der Waals surface area contributed by atoms with Crippen molar-refractivity contribution in [3.8, 4) is 0 Å². The highest BCUT2D eigenvalue weighted by Gasteiger charge is 2.35. The van der Waals surface area contributed by atoms with Crippen LogP contribution in [0.5, 0.6) is 0 Å². The topological polar surface area (TPSA) is 93.9 Å². The Morgan fingerprint density at radius 1 is 1.09 bits per heavy atom. The highest BCUT2D eigenvalue weighted by molar-refractivity contribution is 7.17. The Morgan fingerprint density at radius 2 is 1.94 bits per heavy atom. The normalized spacial score (nSPS) is 19.8. The molecule has 4 N–H and O–H groups in total. The van der Waals surface area contributed by atoms with Crippen LogP contribution >= 0.6 is 11.3 Å². The maximum absolute atomic E-state index is 7.03. The molecule has 0 saturated heterocycles. The molecular weight excluding hydrogens is 416 g/mol. The van der Waals surface area contributed by atoms with Crippen LogP contribution in [0.1, 0.15) is 33.8 Å². The summed E-state index contributed by atoms with van der Waals surface area (Å²) in [6.07, 6.45) is 5.56. The second kappa shape index (κ2) is 7.12. The van der Waals surface area contributed by atoms with Gasteiger partial charge in [-0.05, 0) is 48.1 Å². The van der Waals surface area contributed by atoms with Crippen molar-refractivity contribution in [1.29, 1.82) is 0 Å². The molecule has 160 valence electrons. The van der Waals surface area contributed by atoms with Crippen molar-refractivity contribution in [3.05, 3.63) is 81.6 Å². The fourth-order valence-electron chi connectivity index (χ4n) is 4.80. The third-order valence-corrected chi connectivity index (χ3v) is 7.38. The lowest BCUT2D eigenvalue weighted by Crippen LogP contribution is -2.41.